The van der Waals surface area contributed by atoms with Crippen molar-refractivity contribution in [3.05, 3.63) is 46.5 Å². The molecule has 2 rings (SSSR count). The third-order valence-corrected chi connectivity index (χ3v) is 5.80. The average molecular weight is 382 g/mol. The SMILES string of the molecule is Cc1cc(F)ccc1S(=O)(=O)NCC(=O)NCCn1nc(C)c(C)c1C. The Morgan fingerprint density at radius 1 is 1.23 bits per heavy atom. The van der Waals surface area contributed by atoms with Crippen LogP contribution in [0.25, 0.3) is 0 Å². The number of aromatic nitrogens is 2. The van der Waals surface area contributed by atoms with E-state index in [1.807, 2.05) is 20.8 Å². The lowest BCUT2D eigenvalue weighted by molar-refractivity contribution is -0.120. The van der Waals surface area contributed by atoms with Gasteiger partial charge in [-0.3, -0.25) is 9.48 Å². The Hall–Kier alpha value is -2.26. The molecule has 0 bridgehead atoms. The zero-order chi connectivity index (χ0) is 19.5. The first-order valence-electron chi connectivity index (χ1n) is 8.15. The van der Waals surface area contributed by atoms with Gasteiger partial charge in [0.1, 0.15) is 5.82 Å². The number of carbonyl (C=O) groups is 1. The van der Waals surface area contributed by atoms with Gasteiger partial charge in [0.2, 0.25) is 15.9 Å². The number of rotatable bonds is 7. The van der Waals surface area contributed by atoms with E-state index >= 15 is 0 Å². The van der Waals surface area contributed by atoms with Crippen LogP contribution in [0.4, 0.5) is 4.39 Å². The Labute approximate surface area is 152 Å². The van der Waals surface area contributed by atoms with Gasteiger partial charge in [-0.1, -0.05) is 0 Å². The minimum Gasteiger partial charge on any atom is -0.353 e. The molecule has 7 nitrogen and oxygen atoms in total. The third kappa shape index (κ3) is 4.67. The van der Waals surface area contributed by atoms with E-state index in [0.717, 1.165) is 29.1 Å². The number of hydrogen-bond acceptors (Lipinski definition) is 4. The summed E-state index contributed by atoms with van der Waals surface area (Å²) in [5, 5.41) is 7.02. The van der Waals surface area contributed by atoms with E-state index in [4.69, 9.17) is 0 Å². The van der Waals surface area contributed by atoms with Gasteiger partial charge in [-0.2, -0.15) is 5.10 Å². The summed E-state index contributed by atoms with van der Waals surface area (Å²) in [6.45, 7) is 7.79. The molecule has 0 fully saturated rings. The number of halogens is 1. The molecule has 0 unspecified atom stereocenters. The second kappa shape index (κ2) is 7.96. The number of benzene rings is 1. The van der Waals surface area contributed by atoms with E-state index in [-0.39, 0.29) is 10.5 Å². The first kappa shape index (κ1) is 20.1. The van der Waals surface area contributed by atoms with Gasteiger partial charge in [0, 0.05) is 12.2 Å². The quantitative estimate of drug-likeness (QED) is 0.756. The highest BCUT2D eigenvalue weighted by Crippen LogP contribution is 2.15. The van der Waals surface area contributed by atoms with Gasteiger partial charge in [0.15, 0.2) is 0 Å². The molecule has 0 saturated carbocycles. The predicted molar refractivity (Wildman–Crippen MR) is 95.8 cm³/mol. The highest BCUT2D eigenvalue weighted by Gasteiger charge is 2.18. The maximum Gasteiger partial charge on any atom is 0.241 e. The number of nitrogens with one attached hydrogen (secondary N) is 2. The minimum atomic E-state index is -3.88. The first-order valence-corrected chi connectivity index (χ1v) is 9.63. The summed E-state index contributed by atoms with van der Waals surface area (Å²) < 4.78 is 41.6. The van der Waals surface area contributed by atoms with E-state index in [2.05, 4.69) is 15.1 Å². The molecule has 1 heterocycles. The van der Waals surface area contributed by atoms with Gasteiger partial charge < -0.3 is 5.32 Å². The lowest BCUT2D eigenvalue weighted by Gasteiger charge is -2.10. The smallest absolute Gasteiger partial charge is 0.241 e. The molecule has 0 atom stereocenters. The fourth-order valence-electron chi connectivity index (χ4n) is 2.52. The van der Waals surface area contributed by atoms with Crippen molar-refractivity contribution in [3.63, 3.8) is 0 Å². The van der Waals surface area contributed by atoms with Crippen molar-refractivity contribution in [2.75, 3.05) is 13.1 Å². The average Bonchev–Trinajstić information content (AvgIpc) is 2.80. The van der Waals surface area contributed by atoms with Crippen molar-refractivity contribution in [3.8, 4) is 0 Å². The second-order valence-corrected chi connectivity index (χ2v) is 7.84. The summed E-state index contributed by atoms with van der Waals surface area (Å²) >= 11 is 0. The van der Waals surface area contributed by atoms with Gasteiger partial charge >= 0.3 is 0 Å². The van der Waals surface area contributed by atoms with Crippen LogP contribution in [0.1, 0.15) is 22.5 Å². The lowest BCUT2D eigenvalue weighted by atomic mass is 10.2. The van der Waals surface area contributed by atoms with Gasteiger partial charge in [-0.25, -0.2) is 17.5 Å². The molecule has 1 aromatic carbocycles. The Morgan fingerprint density at radius 3 is 2.50 bits per heavy atom. The molecule has 0 spiro atoms. The van der Waals surface area contributed by atoms with Crippen molar-refractivity contribution < 1.29 is 17.6 Å². The van der Waals surface area contributed by atoms with E-state index in [9.17, 15) is 17.6 Å². The Balaban J connectivity index is 1.87. The summed E-state index contributed by atoms with van der Waals surface area (Å²) in [5.74, 6) is -0.967. The highest BCUT2D eigenvalue weighted by atomic mass is 32.2. The van der Waals surface area contributed by atoms with Crippen molar-refractivity contribution in [2.24, 2.45) is 0 Å². The van der Waals surface area contributed by atoms with Crippen LogP contribution in [0.5, 0.6) is 0 Å². The van der Waals surface area contributed by atoms with Gasteiger partial charge in [-0.15, -0.1) is 0 Å². The van der Waals surface area contributed by atoms with E-state index in [0.29, 0.717) is 13.1 Å². The third-order valence-electron chi connectivity index (χ3n) is 4.24. The number of hydrogen-bond donors (Lipinski definition) is 2. The van der Waals surface area contributed by atoms with E-state index < -0.39 is 28.3 Å². The first-order chi connectivity index (χ1) is 12.1. The molecule has 0 aliphatic heterocycles. The Morgan fingerprint density at radius 2 is 1.92 bits per heavy atom. The second-order valence-electron chi connectivity index (χ2n) is 6.10. The van der Waals surface area contributed by atoms with Crippen LogP contribution in [0.15, 0.2) is 23.1 Å². The maximum atomic E-state index is 13.1. The summed E-state index contributed by atoms with van der Waals surface area (Å²) in [4.78, 5) is 11.8. The van der Waals surface area contributed by atoms with Crippen molar-refractivity contribution in [1.82, 2.24) is 19.8 Å². The van der Waals surface area contributed by atoms with Crippen LogP contribution in [0, 0.1) is 33.5 Å². The van der Waals surface area contributed by atoms with Crippen LogP contribution in [-0.2, 0) is 21.4 Å². The molecule has 9 heteroatoms. The number of carbonyl (C=O) groups excluding carboxylic acids is 1. The topological polar surface area (TPSA) is 93.1 Å². The van der Waals surface area contributed by atoms with Gasteiger partial charge in [0.05, 0.1) is 23.7 Å². The molecule has 2 N–H and O–H groups in total. The zero-order valence-electron chi connectivity index (χ0n) is 15.3. The molecule has 0 aliphatic rings. The minimum absolute atomic E-state index is 0.0511. The summed E-state index contributed by atoms with van der Waals surface area (Å²) in [6, 6.07) is 3.37. The fraction of sp³-hybridized carbons (Fsp3) is 0.412. The number of nitrogens with zero attached hydrogens (tertiary/aromatic N) is 2. The molecule has 0 saturated heterocycles. The molecule has 1 amide bonds. The van der Waals surface area contributed by atoms with Crippen molar-refractivity contribution in [2.45, 2.75) is 39.1 Å². The molecule has 0 aliphatic carbocycles. The van der Waals surface area contributed by atoms with Crippen LogP contribution in [0.3, 0.4) is 0 Å². The number of sulfonamides is 1. The fourth-order valence-corrected chi connectivity index (χ4v) is 3.73. The molecule has 2 aromatic rings. The number of amides is 1. The van der Waals surface area contributed by atoms with Crippen LogP contribution < -0.4 is 10.0 Å². The summed E-state index contributed by atoms with van der Waals surface area (Å²) in [5.41, 5.74) is 3.36. The molecular weight excluding hydrogens is 359 g/mol. The van der Waals surface area contributed by atoms with Crippen molar-refractivity contribution >= 4 is 15.9 Å². The predicted octanol–water partition coefficient (Wildman–Crippen LogP) is 1.35. The Kier molecular flexibility index (Phi) is 6.14. The molecule has 0 radical (unpaired) electrons. The maximum absolute atomic E-state index is 13.1. The standard InChI is InChI=1S/C17H23FN4O3S/c1-11-9-15(18)5-6-16(11)26(24,25)20-10-17(23)19-7-8-22-14(4)12(2)13(3)21-22/h5-6,9,20H,7-8,10H2,1-4H3,(H,19,23). The molecule has 142 valence electrons. The normalized spacial score (nSPS) is 11.6. The van der Waals surface area contributed by atoms with Gasteiger partial charge in [-0.05, 0) is 57.0 Å². The van der Waals surface area contributed by atoms with E-state index in [1.165, 1.54) is 13.0 Å². The summed E-state index contributed by atoms with van der Waals surface area (Å²) in [6.07, 6.45) is 0. The van der Waals surface area contributed by atoms with Crippen LogP contribution >= 0.6 is 0 Å². The summed E-state index contributed by atoms with van der Waals surface area (Å²) in [7, 11) is -3.88. The zero-order valence-corrected chi connectivity index (χ0v) is 16.1. The van der Waals surface area contributed by atoms with Crippen molar-refractivity contribution in [1.29, 1.82) is 0 Å². The monoisotopic (exact) mass is 382 g/mol. The van der Waals surface area contributed by atoms with Crippen LogP contribution in [-0.4, -0.2) is 37.2 Å². The number of aryl methyl sites for hydroxylation is 2. The van der Waals surface area contributed by atoms with Crippen LogP contribution in [0.2, 0.25) is 0 Å². The molecular formula is C17H23FN4O3S. The molecule has 1 aromatic heterocycles. The van der Waals surface area contributed by atoms with Gasteiger partial charge in [0.25, 0.3) is 0 Å². The highest BCUT2D eigenvalue weighted by molar-refractivity contribution is 7.89. The molecule has 26 heavy (non-hydrogen) atoms. The largest absolute Gasteiger partial charge is 0.353 e. The van der Waals surface area contributed by atoms with E-state index in [1.54, 1.807) is 4.68 Å². The lowest BCUT2D eigenvalue weighted by Crippen LogP contribution is -2.38. The Bertz CT molecular complexity index is 922.